The standard InChI is InChI=1S/C6H12O4.2H3N.Ti/c7-4-2-1-3-5(8)6(9)10;;;/h5,7-8H,1-4H2,(H,9,10);2*1H3;. The third-order valence-corrected chi connectivity index (χ3v) is 1.17. The normalized spacial score (nSPS) is 10.0. The zero-order chi connectivity index (χ0) is 7.98. The van der Waals surface area contributed by atoms with Gasteiger partial charge in [0, 0.05) is 28.3 Å². The van der Waals surface area contributed by atoms with E-state index in [1.165, 1.54) is 0 Å². The van der Waals surface area contributed by atoms with Gasteiger partial charge >= 0.3 is 5.97 Å². The van der Waals surface area contributed by atoms with Crippen LogP contribution in [0.2, 0.25) is 0 Å². The van der Waals surface area contributed by atoms with Gasteiger partial charge in [0.15, 0.2) is 6.10 Å². The molecule has 9 N–H and O–H groups in total. The molecule has 0 aromatic carbocycles. The van der Waals surface area contributed by atoms with Crippen LogP contribution in [-0.4, -0.2) is 34.0 Å². The Bertz CT molecular complexity index is 115. The second-order valence-corrected chi connectivity index (χ2v) is 2.07. The maximum Gasteiger partial charge on any atom is 0.332 e. The minimum Gasteiger partial charge on any atom is -0.479 e. The van der Waals surface area contributed by atoms with Crippen molar-refractivity contribution in [3.05, 3.63) is 0 Å². The molecule has 13 heavy (non-hydrogen) atoms. The van der Waals surface area contributed by atoms with Gasteiger partial charge in [-0.15, -0.1) is 0 Å². The van der Waals surface area contributed by atoms with Gasteiger partial charge in [0.2, 0.25) is 0 Å². The summed E-state index contributed by atoms with van der Waals surface area (Å²) in [5, 5.41) is 25.1. The smallest absolute Gasteiger partial charge is 0.332 e. The largest absolute Gasteiger partial charge is 0.479 e. The summed E-state index contributed by atoms with van der Waals surface area (Å²) in [6.07, 6.45) is 0.0380. The quantitative estimate of drug-likeness (QED) is 0.329. The number of hydrogen-bond acceptors (Lipinski definition) is 5. The molecule has 0 radical (unpaired) electrons. The summed E-state index contributed by atoms with van der Waals surface area (Å²) < 4.78 is 0. The first-order valence-corrected chi connectivity index (χ1v) is 3.20. The Morgan fingerprint density at radius 2 is 1.69 bits per heavy atom. The first-order valence-electron chi connectivity index (χ1n) is 3.20. The van der Waals surface area contributed by atoms with Crippen molar-refractivity contribution in [2.75, 3.05) is 6.61 Å². The molecule has 0 amide bonds. The second-order valence-electron chi connectivity index (χ2n) is 2.07. The predicted molar refractivity (Wildman–Crippen MR) is 44.6 cm³/mol. The number of carbonyl (C=O) groups is 1. The molecule has 1 atom stereocenters. The first kappa shape index (κ1) is 23.1. The average molecular weight is 230 g/mol. The van der Waals surface area contributed by atoms with Crippen LogP contribution >= 0.6 is 0 Å². The van der Waals surface area contributed by atoms with Crippen LogP contribution < -0.4 is 12.3 Å². The molecule has 0 aromatic rings. The summed E-state index contributed by atoms with van der Waals surface area (Å²) >= 11 is 0. The van der Waals surface area contributed by atoms with Crippen LogP contribution in [0.25, 0.3) is 0 Å². The van der Waals surface area contributed by atoms with Crippen LogP contribution in [0.5, 0.6) is 0 Å². The van der Waals surface area contributed by atoms with Gasteiger partial charge in [0.1, 0.15) is 0 Å². The Morgan fingerprint density at radius 1 is 1.23 bits per heavy atom. The van der Waals surface area contributed by atoms with Crippen molar-refractivity contribution in [1.82, 2.24) is 12.3 Å². The maximum atomic E-state index is 9.98. The van der Waals surface area contributed by atoms with E-state index in [2.05, 4.69) is 0 Å². The predicted octanol–water partition coefficient (Wildman–Crippen LogP) is -0.0840. The molecule has 0 saturated carbocycles. The molecule has 80 valence electrons. The Morgan fingerprint density at radius 3 is 2.00 bits per heavy atom. The van der Waals surface area contributed by atoms with E-state index in [1.807, 2.05) is 0 Å². The van der Waals surface area contributed by atoms with Gasteiger partial charge in [-0.2, -0.15) is 0 Å². The number of hydrogen-bond donors (Lipinski definition) is 5. The topological polar surface area (TPSA) is 148 Å². The van der Waals surface area contributed by atoms with Gasteiger partial charge < -0.3 is 27.6 Å². The van der Waals surface area contributed by atoms with Crippen molar-refractivity contribution < 1.29 is 41.8 Å². The third kappa shape index (κ3) is 14.8. The third-order valence-electron chi connectivity index (χ3n) is 1.17. The van der Waals surface area contributed by atoms with E-state index in [-0.39, 0.29) is 47.0 Å². The Balaban J connectivity index is -0.000000135. The van der Waals surface area contributed by atoms with E-state index >= 15 is 0 Å². The number of carboxylic acid groups (broad SMARTS) is 1. The molecular weight excluding hydrogens is 212 g/mol. The SMILES string of the molecule is N.N.O=C(O)C(O)CCCCO.[Ti]. The molecule has 1 unspecified atom stereocenters. The summed E-state index contributed by atoms with van der Waals surface area (Å²) in [5.41, 5.74) is 0. The molecule has 6 nitrogen and oxygen atoms in total. The van der Waals surface area contributed by atoms with Crippen molar-refractivity contribution >= 4 is 5.97 Å². The Kier molecular flexibility index (Phi) is 25.9. The number of unbranched alkanes of at least 4 members (excludes halogenated alkanes) is 1. The Hall–Kier alpha value is 0.0243. The number of aliphatic hydroxyl groups excluding tert-OH is 2. The molecule has 0 spiro atoms. The van der Waals surface area contributed by atoms with Gasteiger partial charge in [0.05, 0.1) is 0 Å². The minimum atomic E-state index is -1.27. The second kappa shape index (κ2) is 14.5. The van der Waals surface area contributed by atoms with E-state index < -0.39 is 12.1 Å². The minimum absolute atomic E-state index is 0. The fourth-order valence-electron chi connectivity index (χ4n) is 0.573. The van der Waals surface area contributed by atoms with Crippen LogP contribution in [0, 0.1) is 0 Å². The average Bonchev–Trinajstić information content (AvgIpc) is 1.88. The van der Waals surface area contributed by atoms with E-state index in [0.29, 0.717) is 12.8 Å². The monoisotopic (exact) mass is 230 g/mol. The molecule has 0 bridgehead atoms. The number of rotatable bonds is 5. The maximum absolute atomic E-state index is 9.98. The molecule has 7 heteroatoms. The summed E-state index contributed by atoms with van der Waals surface area (Å²) in [5.74, 6) is -1.20. The summed E-state index contributed by atoms with van der Waals surface area (Å²) in [4.78, 5) is 9.98. The van der Waals surface area contributed by atoms with Gasteiger partial charge in [-0.05, 0) is 19.3 Å². The van der Waals surface area contributed by atoms with E-state index in [1.54, 1.807) is 0 Å². The van der Waals surface area contributed by atoms with Crippen molar-refractivity contribution in [3.8, 4) is 0 Å². The van der Waals surface area contributed by atoms with Crippen LogP contribution in [0.3, 0.4) is 0 Å². The van der Waals surface area contributed by atoms with E-state index in [0.717, 1.165) is 0 Å². The molecule has 0 saturated heterocycles. The van der Waals surface area contributed by atoms with Gasteiger partial charge in [-0.1, -0.05) is 0 Å². The van der Waals surface area contributed by atoms with E-state index in [9.17, 15) is 4.79 Å². The number of aliphatic carboxylic acids is 1. The fourth-order valence-corrected chi connectivity index (χ4v) is 0.573. The Labute approximate surface area is 92.4 Å². The molecule has 0 rings (SSSR count). The van der Waals surface area contributed by atoms with Crippen molar-refractivity contribution in [1.29, 1.82) is 0 Å². The summed E-state index contributed by atoms with van der Waals surface area (Å²) in [6, 6.07) is 0. The molecule has 0 aromatic heterocycles. The van der Waals surface area contributed by atoms with Crippen LogP contribution in [0.1, 0.15) is 19.3 Å². The zero-order valence-electron chi connectivity index (χ0n) is 7.57. The molecule has 0 heterocycles. The first-order chi connectivity index (χ1) is 4.68. The molecule has 0 fully saturated rings. The number of carboxylic acids is 1. The van der Waals surface area contributed by atoms with E-state index in [4.69, 9.17) is 15.3 Å². The zero-order valence-corrected chi connectivity index (χ0v) is 9.13. The van der Waals surface area contributed by atoms with Gasteiger partial charge in [0.25, 0.3) is 0 Å². The van der Waals surface area contributed by atoms with Crippen LogP contribution in [0.15, 0.2) is 0 Å². The van der Waals surface area contributed by atoms with Gasteiger partial charge in [-0.25, -0.2) is 4.79 Å². The molecule has 0 aliphatic rings. The fraction of sp³-hybridized carbons (Fsp3) is 0.833. The van der Waals surface area contributed by atoms with Crippen LogP contribution in [-0.2, 0) is 26.5 Å². The van der Waals surface area contributed by atoms with Crippen molar-refractivity contribution in [2.45, 2.75) is 25.4 Å². The van der Waals surface area contributed by atoms with Crippen molar-refractivity contribution in [3.63, 3.8) is 0 Å². The molecular formula is C6H18N2O4Ti. The molecule has 0 aliphatic heterocycles. The summed E-state index contributed by atoms with van der Waals surface area (Å²) in [7, 11) is 0. The number of aliphatic hydroxyl groups is 2. The van der Waals surface area contributed by atoms with Gasteiger partial charge in [-0.3, -0.25) is 0 Å². The van der Waals surface area contributed by atoms with Crippen LogP contribution in [0.4, 0.5) is 0 Å². The molecule has 0 aliphatic carbocycles. The summed E-state index contributed by atoms with van der Waals surface area (Å²) in [6.45, 7) is 0.0480. The van der Waals surface area contributed by atoms with Crippen molar-refractivity contribution in [2.24, 2.45) is 0 Å².